The van der Waals surface area contributed by atoms with Crippen molar-refractivity contribution in [2.75, 3.05) is 5.32 Å². The topological polar surface area (TPSA) is 105 Å². The number of hydrogen-bond donors (Lipinski definition) is 2. The molecule has 2 aromatic heterocycles. The van der Waals surface area contributed by atoms with Gasteiger partial charge in [-0.1, -0.05) is 0 Å². The Morgan fingerprint density at radius 1 is 1.13 bits per heavy atom. The zero-order chi connectivity index (χ0) is 22.1. The predicted molar refractivity (Wildman–Crippen MR) is 116 cm³/mol. The number of aryl methyl sites for hydroxylation is 3. The van der Waals surface area contributed by atoms with Crippen molar-refractivity contribution in [3.63, 3.8) is 0 Å². The van der Waals surface area contributed by atoms with Crippen LogP contribution >= 0.6 is 0 Å². The third kappa shape index (κ3) is 4.85. The van der Waals surface area contributed by atoms with Crippen LogP contribution in [0, 0.1) is 20.8 Å². The van der Waals surface area contributed by atoms with Gasteiger partial charge in [-0.05, 0) is 70.9 Å². The van der Waals surface area contributed by atoms with Crippen LogP contribution in [0.15, 0.2) is 35.2 Å². The smallest absolute Gasteiger partial charge is 0.240 e. The summed E-state index contributed by atoms with van der Waals surface area (Å²) >= 11 is 0. The standard InChI is InChI=1S/C21H27N5O3S/c1-13(2)25-30(28,29)18-8-6-17(7-9-18)23-21(27)11-10-19-15(4)22-20-12-14(3)24-26(20)16(19)5/h6-9,12-13,25H,10-11H2,1-5H3,(H,23,27). The fraction of sp³-hybridized carbons (Fsp3) is 0.381. The van der Waals surface area contributed by atoms with E-state index in [-0.39, 0.29) is 23.3 Å². The van der Waals surface area contributed by atoms with Gasteiger partial charge in [0.2, 0.25) is 15.9 Å². The molecule has 1 aromatic carbocycles. The molecule has 0 aliphatic carbocycles. The lowest BCUT2D eigenvalue weighted by molar-refractivity contribution is -0.116. The first-order chi connectivity index (χ1) is 14.1. The molecular formula is C21H27N5O3S. The summed E-state index contributed by atoms with van der Waals surface area (Å²) in [6, 6.07) is 7.86. The third-order valence-electron chi connectivity index (χ3n) is 4.73. The van der Waals surface area contributed by atoms with Crippen LogP contribution in [0.1, 0.15) is 42.9 Å². The highest BCUT2D eigenvalue weighted by Crippen LogP contribution is 2.18. The van der Waals surface area contributed by atoms with Gasteiger partial charge in [-0.3, -0.25) is 4.79 Å². The fourth-order valence-electron chi connectivity index (χ4n) is 3.36. The van der Waals surface area contributed by atoms with Crippen LogP contribution in [0.5, 0.6) is 0 Å². The number of benzene rings is 1. The highest BCUT2D eigenvalue weighted by molar-refractivity contribution is 7.89. The Kier molecular flexibility index (Phi) is 6.23. The first-order valence-corrected chi connectivity index (χ1v) is 11.3. The molecule has 30 heavy (non-hydrogen) atoms. The Bertz CT molecular complexity index is 1180. The third-order valence-corrected chi connectivity index (χ3v) is 6.40. The molecule has 1 amide bonds. The molecule has 3 aromatic rings. The minimum absolute atomic E-state index is 0.151. The van der Waals surface area contributed by atoms with Gasteiger partial charge in [0.25, 0.3) is 0 Å². The number of nitrogens with one attached hydrogen (secondary N) is 2. The van der Waals surface area contributed by atoms with E-state index in [0.717, 1.165) is 28.3 Å². The van der Waals surface area contributed by atoms with Crippen LogP contribution in [-0.4, -0.2) is 35.0 Å². The number of sulfonamides is 1. The van der Waals surface area contributed by atoms with Gasteiger partial charge in [-0.15, -0.1) is 0 Å². The maximum atomic E-state index is 12.4. The van der Waals surface area contributed by atoms with Crippen LogP contribution in [0.25, 0.3) is 5.65 Å². The van der Waals surface area contributed by atoms with E-state index in [0.29, 0.717) is 12.1 Å². The lowest BCUT2D eigenvalue weighted by Crippen LogP contribution is -2.30. The maximum Gasteiger partial charge on any atom is 0.240 e. The molecule has 0 saturated carbocycles. The zero-order valence-electron chi connectivity index (χ0n) is 17.9. The second-order valence-corrected chi connectivity index (χ2v) is 9.38. The van der Waals surface area contributed by atoms with Gasteiger partial charge >= 0.3 is 0 Å². The van der Waals surface area contributed by atoms with E-state index in [1.54, 1.807) is 30.5 Å². The highest BCUT2D eigenvalue weighted by atomic mass is 32.2. The largest absolute Gasteiger partial charge is 0.326 e. The summed E-state index contributed by atoms with van der Waals surface area (Å²) in [5.74, 6) is -0.151. The SMILES string of the molecule is Cc1cc2nc(C)c(CCC(=O)Nc3ccc(S(=O)(=O)NC(C)C)cc3)c(C)n2n1. The molecule has 0 aliphatic heterocycles. The number of hydrogen-bond acceptors (Lipinski definition) is 5. The molecule has 0 spiro atoms. The van der Waals surface area contributed by atoms with E-state index in [2.05, 4.69) is 20.1 Å². The summed E-state index contributed by atoms with van der Waals surface area (Å²) in [6.07, 6.45) is 0.820. The minimum atomic E-state index is -3.55. The van der Waals surface area contributed by atoms with Crippen molar-refractivity contribution in [2.24, 2.45) is 0 Å². The minimum Gasteiger partial charge on any atom is -0.326 e. The van der Waals surface area contributed by atoms with Crippen molar-refractivity contribution in [2.45, 2.75) is 58.4 Å². The molecule has 2 N–H and O–H groups in total. The molecular weight excluding hydrogens is 402 g/mol. The lowest BCUT2D eigenvalue weighted by Gasteiger charge is -2.12. The molecule has 0 bridgehead atoms. The van der Waals surface area contributed by atoms with Crippen molar-refractivity contribution < 1.29 is 13.2 Å². The monoisotopic (exact) mass is 429 g/mol. The van der Waals surface area contributed by atoms with Gasteiger partial charge < -0.3 is 5.32 Å². The molecule has 160 valence electrons. The van der Waals surface area contributed by atoms with Gasteiger partial charge in [0, 0.05) is 35.6 Å². The van der Waals surface area contributed by atoms with Crippen molar-refractivity contribution in [1.29, 1.82) is 0 Å². The molecule has 3 rings (SSSR count). The van der Waals surface area contributed by atoms with Gasteiger partial charge in [0.1, 0.15) is 0 Å². The lowest BCUT2D eigenvalue weighted by atomic mass is 10.1. The van der Waals surface area contributed by atoms with Crippen LogP contribution in [0.3, 0.4) is 0 Å². The van der Waals surface area contributed by atoms with E-state index < -0.39 is 10.0 Å². The first-order valence-electron chi connectivity index (χ1n) is 9.81. The molecule has 0 atom stereocenters. The van der Waals surface area contributed by atoms with Crippen molar-refractivity contribution >= 4 is 27.3 Å². The zero-order valence-corrected chi connectivity index (χ0v) is 18.7. The van der Waals surface area contributed by atoms with Crippen LogP contribution in [0.4, 0.5) is 5.69 Å². The number of aromatic nitrogens is 3. The van der Waals surface area contributed by atoms with Gasteiger partial charge in [-0.2, -0.15) is 5.10 Å². The van der Waals surface area contributed by atoms with Gasteiger partial charge in [0.15, 0.2) is 5.65 Å². The average Bonchev–Trinajstić information content (AvgIpc) is 3.01. The summed E-state index contributed by atoms with van der Waals surface area (Å²) in [6.45, 7) is 9.36. The number of nitrogens with zero attached hydrogens (tertiary/aromatic N) is 3. The Morgan fingerprint density at radius 2 is 1.80 bits per heavy atom. The quantitative estimate of drug-likeness (QED) is 0.601. The van der Waals surface area contributed by atoms with E-state index in [1.807, 2.05) is 26.8 Å². The Labute approximate surface area is 176 Å². The number of carbonyl (C=O) groups is 1. The predicted octanol–water partition coefficient (Wildman–Crippen LogP) is 2.91. The number of rotatable bonds is 7. The van der Waals surface area contributed by atoms with Crippen LogP contribution < -0.4 is 10.0 Å². The van der Waals surface area contributed by atoms with Gasteiger partial charge in [0.05, 0.1) is 10.6 Å². The second kappa shape index (κ2) is 8.53. The average molecular weight is 430 g/mol. The molecule has 9 heteroatoms. The number of amides is 1. The number of carbonyl (C=O) groups excluding carboxylic acids is 1. The molecule has 2 heterocycles. The molecule has 8 nitrogen and oxygen atoms in total. The van der Waals surface area contributed by atoms with Crippen LogP contribution in [0.2, 0.25) is 0 Å². The number of fused-ring (bicyclic) bond motifs is 1. The molecule has 0 radical (unpaired) electrons. The molecule has 0 aliphatic rings. The number of anilines is 1. The molecule has 0 saturated heterocycles. The van der Waals surface area contributed by atoms with Crippen LogP contribution in [-0.2, 0) is 21.2 Å². The van der Waals surface area contributed by atoms with Gasteiger partial charge in [-0.25, -0.2) is 22.6 Å². The summed E-state index contributed by atoms with van der Waals surface area (Å²) < 4.78 is 28.7. The molecule has 0 unspecified atom stereocenters. The van der Waals surface area contributed by atoms with E-state index in [1.165, 1.54) is 12.1 Å². The normalized spacial score (nSPS) is 11.9. The summed E-state index contributed by atoms with van der Waals surface area (Å²) in [5.41, 5.74) is 5.12. The molecule has 0 fully saturated rings. The van der Waals surface area contributed by atoms with Crippen molar-refractivity contribution in [3.8, 4) is 0 Å². The van der Waals surface area contributed by atoms with E-state index >= 15 is 0 Å². The first kappa shape index (κ1) is 21.9. The summed E-state index contributed by atoms with van der Waals surface area (Å²) in [4.78, 5) is 17.2. The van der Waals surface area contributed by atoms with E-state index in [4.69, 9.17) is 0 Å². The second-order valence-electron chi connectivity index (χ2n) is 7.67. The maximum absolute atomic E-state index is 12.4. The highest BCUT2D eigenvalue weighted by Gasteiger charge is 2.16. The fourth-order valence-corrected chi connectivity index (χ4v) is 4.61. The Hall–Kier alpha value is -2.78. The summed E-state index contributed by atoms with van der Waals surface area (Å²) in [5, 5.41) is 7.27. The Morgan fingerprint density at radius 3 is 2.43 bits per heavy atom. The summed E-state index contributed by atoms with van der Waals surface area (Å²) in [7, 11) is -3.55. The Balaban J connectivity index is 1.66. The van der Waals surface area contributed by atoms with Crippen molar-refractivity contribution in [1.82, 2.24) is 19.3 Å². The van der Waals surface area contributed by atoms with Crippen molar-refractivity contribution in [3.05, 3.63) is 53.0 Å². The van der Waals surface area contributed by atoms with E-state index in [9.17, 15) is 13.2 Å².